The lowest BCUT2D eigenvalue weighted by Gasteiger charge is -2.16. The molecule has 2 aromatic heterocycles. The van der Waals surface area contributed by atoms with Crippen molar-refractivity contribution in [3.8, 4) is 23.3 Å². The van der Waals surface area contributed by atoms with Gasteiger partial charge in [-0.1, -0.05) is 0 Å². The van der Waals surface area contributed by atoms with Crippen LogP contribution in [0.5, 0.6) is 17.2 Å². The van der Waals surface area contributed by atoms with Crippen LogP contribution in [-0.4, -0.2) is 41.1 Å². The predicted octanol–water partition coefficient (Wildman–Crippen LogP) is 0.475. The Morgan fingerprint density at radius 1 is 1.20 bits per heavy atom. The van der Waals surface area contributed by atoms with Gasteiger partial charge < -0.3 is 19.9 Å². The number of nitrogens with two attached hydrogens (primary N) is 1. The van der Waals surface area contributed by atoms with E-state index in [-0.39, 0.29) is 29.1 Å². The van der Waals surface area contributed by atoms with Crippen LogP contribution >= 0.6 is 0 Å². The molecule has 0 radical (unpaired) electrons. The van der Waals surface area contributed by atoms with Crippen molar-refractivity contribution in [2.24, 2.45) is 7.05 Å². The molecule has 30 heavy (non-hydrogen) atoms. The molecule has 0 aliphatic heterocycles. The Morgan fingerprint density at radius 2 is 1.83 bits per heavy atom. The van der Waals surface area contributed by atoms with Crippen molar-refractivity contribution in [2.45, 2.75) is 12.3 Å². The Bertz CT molecular complexity index is 1250. The molecule has 0 saturated carbocycles. The van der Waals surface area contributed by atoms with Crippen molar-refractivity contribution >= 4 is 17.0 Å². The van der Waals surface area contributed by atoms with E-state index in [1.165, 1.54) is 33.1 Å². The summed E-state index contributed by atoms with van der Waals surface area (Å²) in [7, 11) is 5.97. The SMILES string of the molecule is COc1cc(CC(C#N)c2nn(C)c3nc(N)[nH]c(=O)c3c2=O)cc(OC)c1OC. The van der Waals surface area contributed by atoms with Crippen LogP contribution in [0, 0.1) is 11.3 Å². The number of nitrogens with one attached hydrogen (secondary N) is 1. The second-order valence-corrected chi connectivity index (χ2v) is 6.41. The van der Waals surface area contributed by atoms with Gasteiger partial charge in [0.15, 0.2) is 17.1 Å². The van der Waals surface area contributed by atoms with Crippen LogP contribution in [0.25, 0.3) is 11.0 Å². The summed E-state index contributed by atoms with van der Waals surface area (Å²) in [6, 6.07) is 5.46. The Hall–Kier alpha value is -4.07. The zero-order valence-electron chi connectivity index (χ0n) is 16.8. The molecule has 3 N–H and O–H groups in total. The molecule has 11 nitrogen and oxygen atoms in total. The standard InChI is InChI=1S/C19H20N6O5/c1-25-17-13(18(27)23-19(21)22-17)15(26)14(24-25)10(8-20)5-9-6-11(28-2)16(30-4)12(7-9)29-3/h6-7,10H,5H2,1-4H3,(H3,21,22,23,27). The summed E-state index contributed by atoms with van der Waals surface area (Å²) in [5, 5.41) is 13.7. The third kappa shape index (κ3) is 3.50. The van der Waals surface area contributed by atoms with Crippen LogP contribution in [-0.2, 0) is 13.5 Å². The van der Waals surface area contributed by atoms with Crippen LogP contribution in [0.1, 0.15) is 17.2 Å². The summed E-state index contributed by atoms with van der Waals surface area (Å²) in [6.07, 6.45) is 0.126. The van der Waals surface area contributed by atoms with Gasteiger partial charge >= 0.3 is 0 Å². The highest BCUT2D eigenvalue weighted by atomic mass is 16.5. The Balaban J connectivity index is 2.14. The van der Waals surface area contributed by atoms with Gasteiger partial charge in [-0.3, -0.25) is 14.6 Å². The lowest BCUT2D eigenvalue weighted by atomic mass is 9.96. The number of aromatic nitrogens is 4. The number of benzene rings is 1. The highest BCUT2D eigenvalue weighted by Crippen LogP contribution is 2.39. The zero-order valence-corrected chi connectivity index (χ0v) is 16.8. The predicted molar refractivity (Wildman–Crippen MR) is 108 cm³/mol. The molecule has 1 unspecified atom stereocenters. The molecule has 0 amide bonds. The largest absolute Gasteiger partial charge is 0.493 e. The third-order valence-electron chi connectivity index (χ3n) is 4.59. The third-order valence-corrected chi connectivity index (χ3v) is 4.59. The lowest BCUT2D eigenvalue weighted by molar-refractivity contribution is 0.323. The monoisotopic (exact) mass is 412 g/mol. The number of H-pyrrole nitrogens is 1. The molecule has 2 heterocycles. The van der Waals surface area contributed by atoms with Gasteiger partial charge in [0.25, 0.3) is 5.56 Å². The van der Waals surface area contributed by atoms with Crippen LogP contribution in [0.2, 0.25) is 0 Å². The van der Waals surface area contributed by atoms with Crippen molar-refractivity contribution < 1.29 is 14.2 Å². The zero-order chi connectivity index (χ0) is 22.0. The first-order chi connectivity index (χ1) is 14.3. The molecule has 0 fully saturated rings. The summed E-state index contributed by atoms with van der Waals surface area (Å²) in [5.41, 5.74) is 4.82. The van der Waals surface area contributed by atoms with Gasteiger partial charge in [-0.15, -0.1) is 0 Å². The number of aryl methyl sites for hydroxylation is 1. The van der Waals surface area contributed by atoms with Crippen LogP contribution in [0.3, 0.4) is 0 Å². The number of hydrogen-bond donors (Lipinski definition) is 2. The quantitative estimate of drug-likeness (QED) is 0.587. The van der Waals surface area contributed by atoms with Crippen molar-refractivity contribution in [3.05, 3.63) is 44.0 Å². The molecule has 0 bridgehead atoms. The maximum Gasteiger partial charge on any atom is 0.265 e. The number of anilines is 1. The molecule has 1 aromatic carbocycles. The highest BCUT2D eigenvalue weighted by Gasteiger charge is 2.24. The molecular formula is C19H20N6O5. The number of nitriles is 1. The maximum absolute atomic E-state index is 13.0. The second kappa shape index (κ2) is 8.12. The van der Waals surface area contributed by atoms with Crippen molar-refractivity contribution in [1.29, 1.82) is 5.26 Å². The fraction of sp³-hybridized carbons (Fsp3) is 0.316. The maximum atomic E-state index is 13.0. The van der Waals surface area contributed by atoms with Crippen LogP contribution < -0.4 is 30.9 Å². The van der Waals surface area contributed by atoms with E-state index in [0.717, 1.165) is 0 Å². The normalized spacial score (nSPS) is 11.7. The summed E-state index contributed by atoms with van der Waals surface area (Å²) in [6.45, 7) is 0. The number of nitrogens with zero attached hydrogens (tertiary/aromatic N) is 4. The van der Waals surface area contributed by atoms with E-state index in [9.17, 15) is 14.9 Å². The molecule has 1 atom stereocenters. The molecule has 0 aliphatic carbocycles. The summed E-state index contributed by atoms with van der Waals surface area (Å²) < 4.78 is 17.2. The number of fused-ring (bicyclic) bond motifs is 1. The number of ether oxygens (including phenoxy) is 3. The van der Waals surface area contributed by atoms with E-state index in [4.69, 9.17) is 19.9 Å². The minimum Gasteiger partial charge on any atom is -0.493 e. The van der Waals surface area contributed by atoms with Crippen molar-refractivity contribution in [3.63, 3.8) is 0 Å². The number of aromatic amines is 1. The summed E-state index contributed by atoms with van der Waals surface area (Å²) >= 11 is 0. The van der Waals surface area contributed by atoms with Gasteiger partial charge in [-0.05, 0) is 24.1 Å². The minimum atomic E-state index is -0.937. The van der Waals surface area contributed by atoms with Gasteiger partial charge in [0.05, 0.1) is 33.3 Å². The lowest BCUT2D eigenvalue weighted by Crippen LogP contribution is -2.28. The van der Waals surface area contributed by atoms with E-state index in [0.29, 0.717) is 22.8 Å². The molecular weight excluding hydrogens is 392 g/mol. The van der Waals surface area contributed by atoms with Gasteiger partial charge in [0.2, 0.25) is 17.1 Å². The van der Waals surface area contributed by atoms with E-state index in [1.54, 1.807) is 12.1 Å². The first-order valence-electron chi connectivity index (χ1n) is 8.79. The highest BCUT2D eigenvalue weighted by molar-refractivity contribution is 5.74. The van der Waals surface area contributed by atoms with Gasteiger partial charge in [-0.2, -0.15) is 15.3 Å². The van der Waals surface area contributed by atoms with E-state index in [1.807, 2.05) is 0 Å². The van der Waals surface area contributed by atoms with Gasteiger partial charge in [0, 0.05) is 7.05 Å². The van der Waals surface area contributed by atoms with Crippen LogP contribution in [0.15, 0.2) is 21.7 Å². The summed E-state index contributed by atoms with van der Waals surface area (Å²) in [4.78, 5) is 31.5. The average Bonchev–Trinajstić information content (AvgIpc) is 2.73. The summed E-state index contributed by atoms with van der Waals surface area (Å²) in [5.74, 6) is 0.171. The molecule has 0 spiro atoms. The number of rotatable bonds is 6. The van der Waals surface area contributed by atoms with Gasteiger partial charge in [-0.25, -0.2) is 4.68 Å². The molecule has 11 heteroatoms. The van der Waals surface area contributed by atoms with Crippen molar-refractivity contribution in [2.75, 3.05) is 27.1 Å². The van der Waals surface area contributed by atoms with Crippen LogP contribution in [0.4, 0.5) is 5.95 Å². The van der Waals surface area contributed by atoms with Crippen molar-refractivity contribution in [1.82, 2.24) is 19.7 Å². The molecule has 0 aliphatic rings. The molecule has 3 aromatic rings. The second-order valence-electron chi connectivity index (χ2n) is 6.41. The van der Waals surface area contributed by atoms with E-state index in [2.05, 4.69) is 21.1 Å². The Kier molecular flexibility index (Phi) is 5.59. The fourth-order valence-electron chi connectivity index (χ4n) is 3.22. The number of methoxy groups -OCH3 is 3. The average molecular weight is 412 g/mol. The fourth-order valence-corrected chi connectivity index (χ4v) is 3.22. The molecule has 156 valence electrons. The number of hydrogen-bond acceptors (Lipinski definition) is 9. The van der Waals surface area contributed by atoms with Gasteiger partial charge in [0.1, 0.15) is 11.1 Å². The Morgan fingerprint density at radius 3 is 2.37 bits per heavy atom. The van der Waals surface area contributed by atoms with E-state index < -0.39 is 16.9 Å². The minimum absolute atomic E-state index is 0.0366. The topological polar surface area (TPSA) is 158 Å². The van der Waals surface area contributed by atoms with E-state index >= 15 is 0 Å². The first-order valence-corrected chi connectivity index (χ1v) is 8.79. The number of nitrogen functional groups attached to an aromatic ring is 1. The molecule has 3 rings (SSSR count). The Labute approximate surface area is 170 Å². The first kappa shape index (κ1) is 20.7. The molecule has 0 saturated heterocycles. The smallest absolute Gasteiger partial charge is 0.265 e.